The molecule has 28 heavy (non-hydrogen) atoms. The number of halogens is 3. The summed E-state index contributed by atoms with van der Waals surface area (Å²) in [6.07, 6.45) is 12.8. The van der Waals surface area contributed by atoms with E-state index in [9.17, 15) is 18.0 Å². The highest BCUT2D eigenvalue weighted by Gasteiger charge is 2.29. The van der Waals surface area contributed by atoms with Gasteiger partial charge in [0.1, 0.15) is 5.75 Å². The van der Waals surface area contributed by atoms with Crippen LogP contribution in [0.15, 0.2) is 12.1 Å². The van der Waals surface area contributed by atoms with Crippen molar-refractivity contribution in [1.29, 1.82) is 0 Å². The molecule has 156 valence electrons. The van der Waals surface area contributed by atoms with Gasteiger partial charge in [0.15, 0.2) is 17.5 Å². The predicted molar refractivity (Wildman–Crippen MR) is 102 cm³/mol. The first-order chi connectivity index (χ1) is 13.5. The molecule has 0 aliphatic heterocycles. The summed E-state index contributed by atoms with van der Waals surface area (Å²) in [6.45, 7) is 2.29. The number of benzene rings is 1. The maximum Gasteiger partial charge on any atom is 0.314 e. The topological polar surface area (TPSA) is 26.3 Å². The van der Waals surface area contributed by atoms with E-state index in [-0.39, 0.29) is 11.7 Å². The minimum atomic E-state index is -1.55. The van der Waals surface area contributed by atoms with Gasteiger partial charge < -0.3 is 4.74 Å². The SMILES string of the molecule is CCC1CCC(CCC2CCC(C(=O)Oc3cc(F)c(F)c(F)c3)CC2)CC1. The molecule has 0 aromatic heterocycles. The van der Waals surface area contributed by atoms with E-state index >= 15 is 0 Å². The van der Waals surface area contributed by atoms with E-state index in [0.717, 1.165) is 49.7 Å². The van der Waals surface area contributed by atoms with E-state index in [0.29, 0.717) is 5.92 Å². The van der Waals surface area contributed by atoms with Crippen LogP contribution in [0.4, 0.5) is 13.2 Å². The van der Waals surface area contributed by atoms with Crippen molar-refractivity contribution in [3.8, 4) is 5.75 Å². The molecule has 1 aromatic carbocycles. The Morgan fingerprint density at radius 3 is 1.82 bits per heavy atom. The van der Waals surface area contributed by atoms with Gasteiger partial charge in [-0.15, -0.1) is 0 Å². The van der Waals surface area contributed by atoms with E-state index < -0.39 is 23.4 Å². The van der Waals surface area contributed by atoms with Gasteiger partial charge in [0.25, 0.3) is 0 Å². The van der Waals surface area contributed by atoms with Crippen LogP contribution in [0.25, 0.3) is 0 Å². The molecule has 3 rings (SSSR count). The molecule has 0 unspecified atom stereocenters. The molecule has 2 nitrogen and oxygen atoms in total. The largest absolute Gasteiger partial charge is 0.426 e. The number of carbonyl (C=O) groups is 1. The molecule has 2 fully saturated rings. The average Bonchev–Trinajstić information content (AvgIpc) is 2.71. The van der Waals surface area contributed by atoms with Crippen molar-refractivity contribution in [2.45, 2.75) is 77.6 Å². The monoisotopic (exact) mass is 396 g/mol. The van der Waals surface area contributed by atoms with Crippen LogP contribution in [-0.2, 0) is 4.79 Å². The quantitative estimate of drug-likeness (QED) is 0.300. The molecule has 1 aromatic rings. The Morgan fingerprint density at radius 2 is 1.32 bits per heavy atom. The third-order valence-electron chi connectivity index (χ3n) is 6.88. The minimum Gasteiger partial charge on any atom is -0.426 e. The molecule has 2 aliphatic rings. The standard InChI is InChI=1S/C23H31F3O2/c1-2-15-3-5-16(6-4-15)7-8-17-9-11-18(12-10-17)23(27)28-19-13-20(24)22(26)21(25)14-19/h13-18H,2-12H2,1H3. The van der Waals surface area contributed by atoms with Crippen LogP contribution in [0.5, 0.6) is 5.75 Å². The molecule has 0 spiro atoms. The zero-order valence-electron chi connectivity index (χ0n) is 16.7. The van der Waals surface area contributed by atoms with Gasteiger partial charge >= 0.3 is 5.97 Å². The highest BCUT2D eigenvalue weighted by atomic mass is 19.2. The maximum absolute atomic E-state index is 13.3. The summed E-state index contributed by atoms with van der Waals surface area (Å²) >= 11 is 0. The molecule has 2 aliphatic carbocycles. The fourth-order valence-electron chi connectivity index (χ4n) is 4.88. The van der Waals surface area contributed by atoms with Gasteiger partial charge in [-0.25, -0.2) is 13.2 Å². The Labute approximate surface area is 165 Å². The van der Waals surface area contributed by atoms with Crippen molar-refractivity contribution >= 4 is 5.97 Å². The van der Waals surface area contributed by atoms with Crippen molar-refractivity contribution in [3.05, 3.63) is 29.6 Å². The molecule has 0 atom stereocenters. The zero-order valence-corrected chi connectivity index (χ0v) is 16.7. The second-order valence-electron chi connectivity index (χ2n) is 8.71. The highest BCUT2D eigenvalue weighted by molar-refractivity contribution is 5.75. The van der Waals surface area contributed by atoms with Gasteiger partial charge in [-0.2, -0.15) is 0 Å². The summed E-state index contributed by atoms with van der Waals surface area (Å²) in [5, 5.41) is 0. The first-order valence-corrected chi connectivity index (χ1v) is 10.8. The number of carbonyl (C=O) groups excluding carboxylic acids is 1. The Kier molecular flexibility index (Phi) is 7.42. The van der Waals surface area contributed by atoms with E-state index in [1.807, 2.05) is 0 Å². The highest BCUT2D eigenvalue weighted by Crippen LogP contribution is 2.37. The molecule has 5 heteroatoms. The van der Waals surface area contributed by atoms with Crippen LogP contribution >= 0.6 is 0 Å². The molecular formula is C23H31F3O2. The fraction of sp³-hybridized carbons (Fsp3) is 0.696. The van der Waals surface area contributed by atoms with Crippen molar-refractivity contribution < 1.29 is 22.7 Å². The normalized spacial score (nSPS) is 28.1. The van der Waals surface area contributed by atoms with E-state index in [2.05, 4.69) is 6.92 Å². The molecule has 0 bridgehead atoms. The molecule has 0 N–H and O–H groups in total. The Hall–Kier alpha value is -1.52. The Bertz CT molecular complexity index is 637. The average molecular weight is 396 g/mol. The van der Waals surface area contributed by atoms with Crippen LogP contribution in [-0.4, -0.2) is 5.97 Å². The van der Waals surface area contributed by atoms with Crippen molar-refractivity contribution in [1.82, 2.24) is 0 Å². The van der Waals surface area contributed by atoms with Gasteiger partial charge in [0.2, 0.25) is 0 Å². The summed E-state index contributed by atoms with van der Waals surface area (Å²) in [7, 11) is 0. The lowest BCUT2D eigenvalue weighted by atomic mass is 9.75. The van der Waals surface area contributed by atoms with Gasteiger partial charge in [0.05, 0.1) is 5.92 Å². The van der Waals surface area contributed by atoms with Crippen LogP contribution in [0.3, 0.4) is 0 Å². The smallest absolute Gasteiger partial charge is 0.314 e. The van der Waals surface area contributed by atoms with Crippen LogP contribution in [0.2, 0.25) is 0 Å². The van der Waals surface area contributed by atoms with Crippen LogP contribution in [0.1, 0.15) is 77.6 Å². The van der Waals surface area contributed by atoms with E-state index in [4.69, 9.17) is 4.74 Å². The van der Waals surface area contributed by atoms with Crippen molar-refractivity contribution in [2.24, 2.45) is 23.7 Å². The second-order valence-corrected chi connectivity index (χ2v) is 8.71. The third kappa shape index (κ3) is 5.51. The molecule has 0 saturated heterocycles. The van der Waals surface area contributed by atoms with Gasteiger partial charge in [0, 0.05) is 12.1 Å². The lowest BCUT2D eigenvalue weighted by Crippen LogP contribution is -2.26. The summed E-state index contributed by atoms with van der Waals surface area (Å²) in [5.41, 5.74) is 0. The minimum absolute atomic E-state index is 0.243. The number of hydrogen-bond acceptors (Lipinski definition) is 2. The van der Waals surface area contributed by atoms with Crippen LogP contribution < -0.4 is 4.74 Å². The number of esters is 1. The van der Waals surface area contributed by atoms with Crippen molar-refractivity contribution in [2.75, 3.05) is 0 Å². The molecule has 0 heterocycles. The summed E-state index contributed by atoms with van der Waals surface area (Å²) in [6, 6.07) is 1.43. The van der Waals surface area contributed by atoms with E-state index in [1.54, 1.807) is 0 Å². The van der Waals surface area contributed by atoms with Gasteiger partial charge in [-0.1, -0.05) is 51.9 Å². The first-order valence-electron chi connectivity index (χ1n) is 10.8. The maximum atomic E-state index is 13.3. The fourth-order valence-corrected chi connectivity index (χ4v) is 4.88. The van der Waals surface area contributed by atoms with Gasteiger partial charge in [-0.05, 0) is 43.4 Å². The molecule has 2 saturated carbocycles. The second kappa shape index (κ2) is 9.80. The third-order valence-corrected chi connectivity index (χ3v) is 6.88. The molecule has 0 amide bonds. The number of hydrogen-bond donors (Lipinski definition) is 0. The van der Waals surface area contributed by atoms with Gasteiger partial charge in [-0.3, -0.25) is 4.79 Å². The summed E-state index contributed by atoms with van der Waals surface area (Å²) in [4.78, 5) is 12.3. The van der Waals surface area contributed by atoms with Crippen LogP contribution in [0, 0.1) is 41.1 Å². The predicted octanol–water partition coefficient (Wildman–Crippen LogP) is 6.81. The van der Waals surface area contributed by atoms with E-state index in [1.165, 1.54) is 44.9 Å². The molecular weight excluding hydrogens is 365 g/mol. The number of ether oxygens (including phenoxy) is 1. The number of rotatable bonds is 6. The lowest BCUT2D eigenvalue weighted by molar-refractivity contribution is -0.140. The van der Waals surface area contributed by atoms with Crippen molar-refractivity contribution in [3.63, 3.8) is 0 Å². The lowest BCUT2D eigenvalue weighted by Gasteiger charge is -2.31. The summed E-state index contributed by atoms with van der Waals surface area (Å²) < 4.78 is 44.6. The molecule has 0 radical (unpaired) electrons. The zero-order chi connectivity index (χ0) is 20.1. The summed E-state index contributed by atoms with van der Waals surface area (Å²) in [5.74, 6) is -2.77. The Balaban J connectivity index is 1.39. The first kappa shape index (κ1) is 21.2. The Morgan fingerprint density at radius 1 is 0.857 bits per heavy atom.